The molecule has 0 spiro atoms. The zero-order valence-corrected chi connectivity index (χ0v) is 14.5. The van der Waals surface area contributed by atoms with E-state index in [9.17, 15) is 13.2 Å². The average Bonchev–Trinajstić information content (AvgIpc) is 3.11. The van der Waals surface area contributed by atoms with Crippen LogP contribution in [0.4, 0.5) is 17.6 Å². The Labute approximate surface area is 153 Å². The van der Waals surface area contributed by atoms with Gasteiger partial charge in [0.1, 0.15) is 0 Å². The molecule has 3 rings (SSSR count). The van der Waals surface area contributed by atoms with E-state index in [4.69, 9.17) is 20.0 Å². The molecule has 27 heavy (non-hydrogen) atoms. The van der Waals surface area contributed by atoms with Gasteiger partial charge in [-0.05, 0) is 24.3 Å². The van der Waals surface area contributed by atoms with Gasteiger partial charge in [0.25, 0.3) is 10.0 Å². The number of nitrogens with one attached hydrogen (secondary N) is 1. The zero-order valence-electron chi connectivity index (χ0n) is 13.7. The van der Waals surface area contributed by atoms with Crippen molar-refractivity contribution in [2.75, 3.05) is 11.1 Å². The molecular formula is C15H14N6O5S. The Balaban J connectivity index is 1.68. The molecule has 0 amide bonds. The molecule has 0 saturated carbocycles. The number of nitrogens with zero attached hydrogens (tertiary/aromatic N) is 3. The highest BCUT2D eigenvalue weighted by atomic mass is 32.2. The number of hydrogen-bond acceptors (Lipinski definition) is 10. The largest absolute Gasteiger partial charge is 0.452 e. The summed E-state index contributed by atoms with van der Waals surface area (Å²) in [6.45, 7) is -0.333. The highest BCUT2D eigenvalue weighted by molar-refractivity contribution is 7.89. The van der Waals surface area contributed by atoms with E-state index in [0.29, 0.717) is 0 Å². The summed E-state index contributed by atoms with van der Waals surface area (Å²) in [4.78, 5) is 23.9. The quantitative estimate of drug-likeness (QED) is 0.510. The molecule has 12 heteroatoms. The zero-order chi connectivity index (χ0) is 19.4. The summed E-state index contributed by atoms with van der Waals surface area (Å²) < 4.78 is 32.2. The number of aromatic nitrogens is 3. The van der Waals surface area contributed by atoms with E-state index >= 15 is 0 Å². The lowest BCUT2D eigenvalue weighted by Crippen LogP contribution is -2.12. The monoisotopic (exact) mass is 390 g/mol. The molecule has 0 aliphatic carbocycles. The third-order valence-electron chi connectivity index (χ3n) is 3.12. The lowest BCUT2D eigenvalue weighted by molar-refractivity contribution is 0.0419. The first-order chi connectivity index (χ1) is 12.8. The fraction of sp³-hybridized carbons (Fsp3) is 0.0667. The Hall–Kier alpha value is -3.51. The van der Waals surface area contributed by atoms with Gasteiger partial charge in [-0.1, -0.05) is 18.2 Å². The summed E-state index contributed by atoms with van der Waals surface area (Å²) in [7, 11) is -4.06. The van der Waals surface area contributed by atoms with Gasteiger partial charge in [0.15, 0.2) is 12.4 Å². The fourth-order valence-electron chi connectivity index (χ4n) is 1.99. The number of primary sulfonamides is 1. The molecule has 0 unspecified atom stereocenters. The number of esters is 1. The van der Waals surface area contributed by atoms with Crippen LogP contribution in [0.3, 0.4) is 0 Å². The first-order valence-electron chi connectivity index (χ1n) is 7.43. The molecule has 0 saturated heterocycles. The van der Waals surface area contributed by atoms with Crippen LogP contribution in [0.25, 0.3) is 0 Å². The molecule has 140 valence electrons. The lowest BCUT2D eigenvalue weighted by atomic mass is 10.3. The topological polar surface area (TPSA) is 176 Å². The minimum Gasteiger partial charge on any atom is -0.452 e. The number of rotatable bonds is 6. The molecule has 0 aliphatic rings. The first-order valence-corrected chi connectivity index (χ1v) is 8.98. The van der Waals surface area contributed by atoms with Crippen molar-refractivity contribution in [3.8, 4) is 0 Å². The molecule has 11 nitrogen and oxygen atoms in total. The van der Waals surface area contributed by atoms with Gasteiger partial charge in [-0.15, -0.1) is 0 Å². The molecule has 0 aliphatic heterocycles. The molecule has 0 atom stereocenters. The van der Waals surface area contributed by atoms with Crippen molar-refractivity contribution in [2.24, 2.45) is 5.14 Å². The Morgan fingerprint density at radius 3 is 2.52 bits per heavy atom. The molecular weight excluding hydrogens is 376 g/mol. The molecule has 2 heterocycles. The summed E-state index contributed by atoms with van der Waals surface area (Å²) in [5, 5.41) is 7.31. The molecule has 0 radical (unpaired) electrons. The number of furan rings is 1. The van der Waals surface area contributed by atoms with Crippen LogP contribution in [0.2, 0.25) is 0 Å². The first kappa shape index (κ1) is 18.3. The number of ether oxygens (including phenoxy) is 1. The van der Waals surface area contributed by atoms with E-state index in [1.54, 1.807) is 12.1 Å². The van der Waals surface area contributed by atoms with E-state index in [0.717, 1.165) is 17.8 Å². The van der Waals surface area contributed by atoms with Gasteiger partial charge >= 0.3 is 5.97 Å². The van der Waals surface area contributed by atoms with Crippen LogP contribution in [0.5, 0.6) is 0 Å². The van der Waals surface area contributed by atoms with Crippen LogP contribution in [0.15, 0.2) is 52.0 Å². The van der Waals surface area contributed by atoms with Gasteiger partial charge < -0.3 is 20.2 Å². The molecule has 1 aromatic carbocycles. The van der Waals surface area contributed by atoms with Crippen molar-refractivity contribution < 1.29 is 22.4 Å². The summed E-state index contributed by atoms with van der Waals surface area (Å²) in [5.74, 6) is -1.05. The van der Waals surface area contributed by atoms with Crippen molar-refractivity contribution >= 4 is 33.6 Å². The summed E-state index contributed by atoms with van der Waals surface area (Å²) in [5.41, 5.74) is 6.37. The standard InChI is InChI=1S/C15H14N6O5S/c16-14-19-11(20-15(21-14)18-9-4-2-1-3-5-9)8-25-13(22)10-6-7-12(26-10)27(17,23)24/h1-7H,8H2,(H2,17,23,24)(H3,16,18,19,20,21). The third-order valence-corrected chi connectivity index (χ3v) is 3.90. The Morgan fingerprint density at radius 1 is 1.11 bits per heavy atom. The van der Waals surface area contributed by atoms with Crippen LogP contribution >= 0.6 is 0 Å². The lowest BCUT2D eigenvalue weighted by Gasteiger charge is -2.07. The second kappa shape index (κ2) is 7.39. The van der Waals surface area contributed by atoms with E-state index in [2.05, 4.69) is 20.3 Å². The normalized spacial score (nSPS) is 11.1. The summed E-state index contributed by atoms with van der Waals surface area (Å²) >= 11 is 0. The number of carbonyl (C=O) groups is 1. The summed E-state index contributed by atoms with van der Waals surface area (Å²) in [6, 6.07) is 11.3. The minimum absolute atomic E-state index is 0.0657. The predicted molar refractivity (Wildman–Crippen MR) is 93.2 cm³/mol. The SMILES string of the molecule is Nc1nc(COC(=O)c2ccc(S(N)(=O)=O)o2)nc(Nc2ccccc2)n1. The second-order valence-corrected chi connectivity index (χ2v) is 6.66. The van der Waals surface area contributed by atoms with Gasteiger partial charge in [-0.3, -0.25) is 0 Å². The number of nitrogen functional groups attached to an aromatic ring is 1. The van der Waals surface area contributed by atoms with Gasteiger partial charge in [0.2, 0.25) is 22.7 Å². The van der Waals surface area contributed by atoms with Crippen LogP contribution in [0.1, 0.15) is 16.4 Å². The van der Waals surface area contributed by atoms with Crippen LogP contribution in [-0.4, -0.2) is 29.3 Å². The van der Waals surface area contributed by atoms with Gasteiger partial charge in [-0.2, -0.15) is 15.0 Å². The van der Waals surface area contributed by atoms with Gasteiger partial charge in [0.05, 0.1) is 0 Å². The number of carbonyl (C=O) groups excluding carboxylic acids is 1. The maximum atomic E-state index is 11.9. The summed E-state index contributed by atoms with van der Waals surface area (Å²) in [6.07, 6.45) is 0. The van der Waals surface area contributed by atoms with Crippen LogP contribution in [0, 0.1) is 0 Å². The van der Waals surface area contributed by atoms with Crippen LogP contribution < -0.4 is 16.2 Å². The highest BCUT2D eigenvalue weighted by Crippen LogP contribution is 2.15. The van der Waals surface area contributed by atoms with Crippen molar-refractivity contribution in [3.05, 3.63) is 54.0 Å². The Kier molecular flexibility index (Phi) is 5.00. The maximum absolute atomic E-state index is 11.9. The van der Waals surface area contributed by atoms with E-state index in [-0.39, 0.29) is 30.1 Å². The number of sulfonamides is 1. The highest BCUT2D eigenvalue weighted by Gasteiger charge is 2.19. The van der Waals surface area contributed by atoms with Crippen molar-refractivity contribution in [3.63, 3.8) is 0 Å². The molecule has 0 fully saturated rings. The number of benzene rings is 1. The van der Waals surface area contributed by atoms with E-state index in [1.807, 2.05) is 18.2 Å². The van der Waals surface area contributed by atoms with E-state index in [1.165, 1.54) is 0 Å². The molecule has 2 aromatic heterocycles. The maximum Gasteiger partial charge on any atom is 0.374 e. The van der Waals surface area contributed by atoms with E-state index < -0.39 is 21.1 Å². The smallest absolute Gasteiger partial charge is 0.374 e. The number of hydrogen-bond donors (Lipinski definition) is 3. The number of para-hydroxylation sites is 1. The Morgan fingerprint density at radius 2 is 1.85 bits per heavy atom. The van der Waals surface area contributed by atoms with Crippen LogP contribution in [-0.2, 0) is 21.4 Å². The predicted octanol–water partition coefficient (Wildman–Crippen LogP) is 0.795. The average molecular weight is 390 g/mol. The molecule has 5 N–H and O–H groups in total. The van der Waals surface area contributed by atoms with Gasteiger partial charge in [-0.25, -0.2) is 18.4 Å². The fourth-order valence-corrected chi connectivity index (χ4v) is 2.46. The van der Waals surface area contributed by atoms with Crippen molar-refractivity contribution in [1.82, 2.24) is 15.0 Å². The minimum atomic E-state index is -4.06. The van der Waals surface area contributed by atoms with Gasteiger partial charge in [0, 0.05) is 5.69 Å². The third kappa shape index (κ3) is 4.77. The van der Waals surface area contributed by atoms with Crippen molar-refractivity contribution in [2.45, 2.75) is 11.7 Å². The second-order valence-electron chi connectivity index (χ2n) is 5.16. The molecule has 3 aromatic rings. The number of anilines is 3. The Bertz CT molecular complexity index is 1070. The number of nitrogens with two attached hydrogens (primary N) is 2. The molecule has 0 bridgehead atoms. The van der Waals surface area contributed by atoms with Crippen molar-refractivity contribution in [1.29, 1.82) is 0 Å².